The molecule has 0 radical (unpaired) electrons. The van der Waals surface area contributed by atoms with Crippen molar-refractivity contribution < 1.29 is 18.4 Å². The van der Waals surface area contributed by atoms with Crippen molar-refractivity contribution in [1.82, 2.24) is 9.88 Å². The second-order valence-corrected chi connectivity index (χ2v) is 8.88. The number of alkyl halides is 2. The van der Waals surface area contributed by atoms with E-state index in [0.29, 0.717) is 16.9 Å². The molecule has 0 unspecified atom stereocenters. The van der Waals surface area contributed by atoms with Crippen molar-refractivity contribution in [2.24, 2.45) is 0 Å². The monoisotopic (exact) mass is 485 g/mol. The Balaban J connectivity index is 0.000000182. The zero-order valence-electron chi connectivity index (χ0n) is 19.6. The molecule has 1 aromatic carbocycles. The number of Topliss-reactive ketones (excluding diaryl/α,β-unsaturated/α-hetero) is 1. The standard InChI is InChI=1S/C10H13NOS.C8H8F2.C8H8N2O/c1-7(12)9-6-13-10-5-11(2)4-3-8(9)10;1-8(9,10)7-5-3-2-4-6-7;1-2-7-3-6(5-11)4-10-8(7)9/h6H,3-5H2,1-2H3;2-6H,1H3;2-5H,1H2,(H2,9,10). The lowest BCUT2D eigenvalue weighted by molar-refractivity contribution is 0.0174. The molecular formula is C26H29F2N3O2S. The molecular weight excluding hydrogens is 456 g/mol. The van der Waals surface area contributed by atoms with Crippen LogP contribution in [-0.2, 0) is 18.9 Å². The highest BCUT2D eigenvalue weighted by Gasteiger charge is 2.23. The second kappa shape index (κ2) is 12.3. The number of hydrogen-bond donors (Lipinski definition) is 1. The van der Waals surface area contributed by atoms with E-state index >= 15 is 0 Å². The van der Waals surface area contributed by atoms with E-state index in [2.05, 4.69) is 23.5 Å². The van der Waals surface area contributed by atoms with Crippen molar-refractivity contribution >= 4 is 35.3 Å². The predicted molar refractivity (Wildman–Crippen MR) is 134 cm³/mol. The Kier molecular flexibility index (Phi) is 9.77. The fraction of sp³-hybridized carbons (Fsp3) is 0.269. The normalized spacial score (nSPS) is 12.9. The van der Waals surface area contributed by atoms with Crippen LogP contribution in [-0.4, -0.2) is 35.5 Å². The topological polar surface area (TPSA) is 76.3 Å². The summed E-state index contributed by atoms with van der Waals surface area (Å²) >= 11 is 1.72. The first kappa shape index (κ1) is 27.0. The smallest absolute Gasteiger partial charge is 0.270 e. The largest absolute Gasteiger partial charge is 0.383 e. The first-order chi connectivity index (χ1) is 16.1. The molecule has 0 aliphatic carbocycles. The van der Waals surface area contributed by atoms with Gasteiger partial charge >= 0.3 is 0 Å². The lowest BCUT2D eigenvalue weighted by Crippen LogP contribution is -2.25. The summed E-state index contributed by atoms with van der Waals surface area (Å²) in [6, 6.07) is 9.40. The van der Waals surface area contributed by atoms with Crippen LogP contribution in [0, 0.1) is 0 Å². The third-order valence-corrected chi connectivity index (χ3v) is 6.14. The van der Waals surface area contributed by atoms with Crippen LogP contribution >= 0.6 is 11.3 Å². The number of nitrogens with zero attached hydrogens (tertiary/aromatic N) is 2. The molecule has 0 atom stereocenters. The van der Waals surface area contributed by atoms with Gasteiger partial charge in [0.1, 0.15) is 5.82 Å². The zero-order valence-corrected chi connectivity index (χ0v) is 20.4. The van der Waals surface area contributed by atoms with Gasteiger partial charge in [0.15, 0.2) is 12.1 Å². The molecule has 2 N–H and O–H groups in total. The molecule has 0 amide bonds. The molecule has 3 aromatic rings. The Morgan fingerprint density at radius 2 is 1.97 bits per heavy atom. The minimum Gasteiger partial charge on any atom is -0.383 e. The van der Waals surface area contributed by atoms with Crippen LogP contribution < -0.4 is 5.73 Å². The Morgan fingerprint density at radius 1 is 1.29 bits per heavy atom. The van der Waals surface area contributed by atoms with Gasteiger partial charge in [-0.15, -0.1) is 11.3 Å². The quantitative estimate of drug-likeness (QED) is 0.370. The lowest BCUT2D eigenvalue weighted by Gasteiger charge is -2.22. The predicted octanol–water partition coefficient (Wildman–Crippen LogP) is 5.86. The van der Waals surface area contributed by atoms with E-state index in [9.17, 15) is 18.4 Å². The maximum atomic E-state index is 12.5. The number of nitrogens with two attached hydrogens (primary N) is 1. The summed E-state index contributed by atoms with van der Waals surface area (Å²) in [5.74, 6) is -2.10. The fourth-order valence-corrected chi connectivity index (χ4v) is 4.44. The number of nitrogen functional groups attached to an aromatic ring is 1. The number of anilines is 1. The van der Waals surface area contributed by atoms with Gasteiger partial charge in [0.2, 0.25) is 0 Å². The van der Waals surface area contributed by atoms with Gasteiger partial charge in [-0.3, -0.25) is 9.59 Å². The number of pyridine rings is 1. The van der Waals surface area contributed by atoms with Gasteiger partial charge in [-0.2, -0.15) is 0 Å². The van der Waals surface area contributed by atoms with Crippen molar-refractivity contribution in [1.29, 1.82) is 0 Å². The molecule has 1 aliphatic heterocycles. The molecule has 1 aliphatic rings. The van der Waals surface area contributed by atoms with Gasteiger partial charge in [-0.25, -0.2) is 13.8 Å². The van der Waals surface area contributed by atoms with E-state index in [1.54, 1.807) is 48.6 Å². The van der Waals surface area contributed by atoms with Gasteiger partial charge in [-0.1, -0.05) is 43.0 Å². The molecule has 5 nitrogen and oxygen atoms in total. The van der Waals surface area contributed by atoms with Crippen LogP contribution in [0.2, 0.25) is 0 Å². The Hall–Kier alpha value is -3.23. The number of benzene rings is 1. The van der Waals surface area contributed by atoms with E-state index < -0.39 is 5.92 Å². The summed E-state index contributed by atoms with van der Waals surface area (Å²) in [5.41, 5.74) is 8.97. The van der Waals surface area contributed by atoms with Crippen LogP contribution in [0.25, 0.3) is 6.08 Å². The number of hydrogen-bond acceptors (Lipinski definition) is 6. The number of ketones is 1. The summed E-state index contributed by atoms with van der Waals surface area (Å²) in [5, 5.41) is 2.01. The van der Waals surface area contributed by atoms with E-state index in [-0.39, 0.29) is 11.3 Å². The maximum Gasteiger partial charge on any atom is 0.270 e. The molecule has 8 heteroatoms. The van der Waals surface area contributed by atoms with Crippen LogP contribution in [0.1, 0.15) is 56.1 Å². The summed E-state index contributed by atoms with van der Waals surface area (Å²) in [4.78, 5) is 29.0. The van der Waals surface area contributed by atoms with Crippen molar-refractivity contribution in [2.75, 3.05) is 19.3 Å². The zero-order chi connectivity index (χ0) is 25.3. The Bertz CT molecular complexity index is 1120. The minimum absolute atomic E-state index is 0.0648. The average Bonchev–Trinajstić information content (AvgIpc) is 3.24. The average molecular weight is 486 g/mol. The first-order valence-corrected chi connectivity index (χ1v) is 11.5. The molecule has 0 spiro atoms. The van der Waals surface area contributed by atoms with E-state index in [1.807, 2.05) is 5.38 Å². The molecule has 4 rings (SSSR count). The first-order valence-electron chi connectivity index (χ1n) is 10.6. The van der Waals surface area contributed by atoms with Crippen molar-refractivity contribution in [2.45, 2.75) is 32.7 Å². The molecule has 180 valence electrons. The summed E-state index contributed by atoms with van der Waals surface area (Å²) in [6.07, 6.45) is 4.74. The molecule has 0 fully saturated rings. The number of halogens is 2. The van der Waals surface area contributed by atoms with Gasteiger partial charge in [-0.05, 0) is 32.0 Å². The molecule has 0 bridgehead atoms. The number of carbonyl (C=O) groups excluding carboxylic acids is 2. The third kappa shape index (κ3) is 7.67. The molecule has 0 saturated heterocycles. The Labute approximate surface area is 202 Å². The fourth-order valence-electron chi connectivity index (χ4n) is 3.22. The minimum atomic E-state index is -2.71. The molecule has 0 saturated carbocycles. The Morgan fingerprint density at radius 3 is 2.50 bits per heavy atom. The van der Waals surface area contributed by atoms with E-state index in [0.717, 1.165) is 38.3 Å². The van der Waals surface area contributed by atoms with Crippen molar-refractivity contribution in [3.05, 3.63) is 87.2 Å². The lowest BCUT2D eigenvalue weighted by atomic mass is 10.0. The van der Waals surface area contributed by atoms with Crippen molar-refractivity contribution in [3.8, 4) is 0 Å². The highest BCUT2D eigenvalue weighted by Crippen LogP contribution is 2.28. The number of likely N-dealkylation sites (N-methyl/N-ethyl adjacent to an activating group) is 1. The molecule has 3 heterocycles. The second-order valence-electron chi connectivity index (χ2n) is 7.91. The van der Waals surface area contributed by atoms with Crippen LogP contribution in [0.5, 0.6) is 0 Å². The maximum absolute atomic E-state index is 12.5. The summed E-state index contributed by atoms with van der Waals surface area (Å²) in [6.45, 7) is 8.16. The molecule has 34 heavy (non-hydrogen) atoms. The van der Waals surface area contributed by atoms with Gasteiger partial charge in [0, 0.05) is 58.7 Å². The van der Waals surface area contributed by atoms with Crippen LogP contribution in [0.15, 0.2) is 54.6 Å². The SMILES string of the molecule is C=Cc1cc(C=O)cnc1N.CC(=O)c1csc2c1CCN(C)C2.CC(F)(F)c1ccccc1. The van der Waals surface area contributed by atoms with E-state index in [4.69, 9.17) is 5.73 Å². The van der Waals surface area contributed by atoms with E-state index in [1.165, 1.54) is 28.8 Å². The highest BCUT2D eigenvalue weighted by atomic mass is 32.1. The summed E-state index contributed by atoms with van der Waals surface area (Å²) < 4.78 is 24.9. The van der Waals surface area contributed by atoms with Gasteiger partial charge in [0.05, 0.1) is 0 Å². The number of aromatic nitrogens is 1. The van der Waals surface area contributed by atoms with Gasteiger partial charge < -0.3 is 10.6 Å². The third-order valence-electron chi connectivity index (χ3n) is 5.12. The molecule has 2 aromatic heterocycles. The van der Waals surface area contributed by atoms with Crippen LogP contribution in [0.4, 0.5) is 14.6 Å². The van der Waals surface area contributed by atoms with Gasteiger partial charge in [0.25, 0.3) is 5.92 Å². The van der Waals surface area contributed by atoms with Crippen molar-refractivity contribution in [3.63, 3.8) is 0 Å². The van der Waals surface area contributed by atoms with Crippen LogP contribution in [0.3, 0.4) is 0 Å². The number of carbonyl (C=O) groups is 2. The number of aldehydes is 1. The number of thiophene rings is 1. The highest BCUT2D eigenvalue weighted by molar-refractivity contribution is 7.10. The number of fused-ring (bicyclic) bond motifs is 1. The summed E-state index contributed by atoms with van der Waals surface area (Å²) in [7, 11) is 2.12. The number of rotatable bonds is 4.